The number of nitrogens with zero attached hydrogens (tertiary/aromatic N) is 3. The van der Waals surface area contributed by atoms with Gasteiger partial charge in [-0.05, 0) is 44.4 Å². The lowest BCUT2D eigenvalue weighted by atomic mass is 10.0. The van der Waals surface area contributed by atoms with E-state index >= 15 is 0 Å². The van der Waals surface area contributed by atoms with Crippen molar-refractivity contribution in [3.63, 3.8) is 0 Å². The van der Waals surface area contributed by atoms with Crippen LogP contribution in [0.4, 0.5) is 11.5 Å². The number of anilines is 2. The predicted octanol–water partition coefficient (Wildman–Crippen LogP) is 2.31. The second-order valence-electron chi connectivity index (χ2n) is 8.09. The number of hydrogen-bond acceptors (Lipinski definition) is 6. The molecule has 1 atom stereocenters. The van der Waals surface area contributed by atoms with Crippen molar-refractivity contribution >= 4 is 27.4 Å². The fourth-order valence-corrected chi connectivity index (χ4v) is 5.22. The van der Waals surface area contributed by atoms with Crippen molar-refractivity contribution < 1.29 is 13.2 Å². The van der Waals surface area contributed by atoms with Crippen molar-refractivity contribution in [2.75, 3.05) is 42.3 Å². The van der Waals surface area contributed by atoms with Crippen LogP contribution in [0.3, 0.4) is 0 Å². The quantitative estimate of drug-likeness (QED) is 0.737. The van der Waals surface area contributed by atoms with E-state index in [9.17, 15) is 13.2 Å². The molecule has 166 valence electrons. The third-order valence-electron chi connectivity index (χ3n) is 5.88. The summed E-state index contributed by atoms with van der Waals surface area (Å²) in [4.78, 5) is 22.2. The van der Waals surface area contributed by atoms with E-state index in [1.807, 2.05) is 4.90 Å². The van der Waals surface area contributed by atoms with Crippen LogP contribution < -0.4 is 14.9 Å². The molecule has 2 N–H and O–H groups in total. The Labute approximate surface area is 183 Å². The van der Waals surface area contributed by atoms with Crippen molar-refractivity contribution in [3.8, 4) is 0 Å². The number of rotatable bonds is 5. The van der Waals surface area contributed by atoms with Crippen molar-refractivity contribution in [1.29, 1.82) is 0 Å². The Kier molecular flexibility index (Phi) is 6.43. The van der Waals surface area contributed by atoms with Gasteiger partial charge in [0.1, 0.15) is 5.82 Å². The van der Waals surface area contributed by atoms with Gasteiger partial charge in [0.05, 0.1) is 22.3 Å². The fourth-order valence-electron chi connectivity index (χ4n) is 4.17. The smallest absolute Gasteiger partial charge is 0.261 e. The maximum absolute atomic E-state index is 13.5. The molecule has 0 saturated carbocycles. The molecule has 0 unspecified atom stereocenters. The van der Waals surface area contributed by atoms with Gasteiger partial charge < -0.3 is 15.1 Å². The number of likely N-dealkylation sites (tertiary alicyclic amines) is 1. The second kappa shape index (κ2) is 9.23. The number of carbonyl (C=O) groups is 1. The van der Waals surface area contributed by atoms with Gasteiger partial charge in [-0.2, -0.15) is 0 Å². The highest BCUT2D eigenvalue weighted by Crippen LogP contribution is 2.27. The Morgan fingerprint density at radius 3 is 2.58 bits per heavy atom. The monoisotopic (exact) mass is 443 g/mol. The lowest BCUT2D eigenvalue weighted by Crippen LogP contribution is -2.46. The highest BCUT2D eigenvalue weighted by Gasteiger charge is 2.29. The Morgan fingerprint density at radius 1 is 1.13 bits per heavy atom. The molecule has 1 aromatic heterocycles. The first kappa shape index (κ1) is 21.6. The van der Waals surface area contributed by atoms with Crippen LogP contribution >= 0.6 is 0 Å². The van der Waals surface area contributed by atoms with E-state index in [4.69, 9.17) is 0 Å². The molecule has 31 heavy (non-hydrogen) atoms. The van der Waals surface area contributed by atoms with Gasteiger partial charge in [-0.25, -0.2) is 13.4 Å². The van der Waals surface area contributed by atoms with E-state index < -0.39 is 10.0 Å². The van der Waals surface area contributed by atoms with Gasteiger partial charge in [-0.1, -0.05) is 18.2 Å². The summed E-state index contributed by atoms with van der Waals surface area (Å²) in [6.07, 6.45) is 4.56. The SMILES string of the molecule is C[C@@H]1CCCCN1C(=O)c1cc(NS(=O)(=O)c2ccccc2)cnc1N1CCNCC1. The summed E-state index contributed by atoms with van der Waals surface area (Å²) < 4.78 is 28.1. The minimum absolute atomic E-state index is 0.0889. The van der Waals surface area contributed by atoms with Gasteiger partial charge in [-0.15, -0.1) is 0 Å². The van der Waals surface area contributed by atoms with E-state index in [0.717, 1.165) is 45.4 Å². The Hall–Kier alpha value is -2.65. The molecule has 4 rings (SSSR count). The predicted molar refractivity (Wildman–Crippen MR) is 121 cm³/mol. The Balaban J connectivity index is 1.68. The number of aromatic nitrogens is 1. The average Bonchev–Trinajstić information content (AvgIpc) is 2.80. The van der Waals surface area contributed by atoms with E-state index in [0.29, 0.717) is 17.9 Å². The molecule has 0 spiro atoms. The van der Waals surface area contributed by atoms with Crippen molar-refractivity contribution in [3.05, 3.63) is 48.2 Å². The van der Waals surface area contributed by atoms with E-state index in [-0.39, 0.29) is 22.5 Å². The zero-order valence-electron chi connectivity index (χ0n) is 17.8. The number of piperazine rings is 1. The summed E-state index contributed by atoms with van der Waals surface area (Å²) in [5.41, 5.74) is 0.736. The molecule has 2 fully saturated rings. The van der Waals surface area contributed by atoms with Crippen LogP contribution in [0.15, 0.2) is 47.5 Å². The molecule has 0 bridgehead atoms. The van der Waals surface area contributed by atoms with Gasteiger partial charge in [0, 0.05) is 38.8 Å². The maximum Gasteiger partial charge on any atom is 0.261 e. The molecule has 2 aliphatic rings. The first-order chi connectivity index (χ1) is 15.0. The lowest BCUT2D eigenvalue weighted by molar-refractivity contribution is 0.0636. The molecule has 1 amide bonds. The Morgan fingerprint density at radius 2 is 1.87 bits per heavy atom. The third kappa shape index (κ3) is 4.83. The highest BCUT2D eigenvalue weighted by molar-refractivity contribution is 7.92. The minimum atomic E-state index is -3.77. The largest absolute Gasteiger partial charge is 0.353 e. The third-order valence-corrected chi connectivity index (χ3v) is 7.28. The van der Waals surface area contributed by atoms with Gasteiger partial charge in [0.15, 0.2) is 0 Å². The molecule has 2 aromatic rings. The molecule has 9 heteroatoms. The van der Waals surface area contributed by atoms with Crippen LogP contribution in [-0.2, 0) is 10.0 Å². The number of sulfonamides is 1. The van der Waals surface area contributed by atoms with Crippen molar-refractivity contribution in [2.24, 2.45) is 0 Å². The number of nitrogens with one attached hydrogen (secondary N) is 2. The van der Waals surface area contributed by atoms with Crippen LogP contribution in [0.25, 0.3) is 0 Å². The summed E-state index contributed by atoms with van der Waals surface area (Å²) in [5.74, 6) is 0.529. The van der Waals surface area contributed by atoms with Crippen molar-refractivity contribution in [2.45, 2.75) is 37.1 Å². The maximum atomic E-state index is 13.5. The molecule has 0 radical (unpaired) electrons. The molecule has 0 aliphatic carbocycles. The lowest BCUT2D eigenvalue weighted by Gasteiger charge is -2.35. The fraction of sp³-hybridized carbons (Fsp3) is 0.455. The first-order valence-electron chi connectivity index (χ1n) is 10.8. The number of piperidine rings is 1. The van der Waals surface area contributed by atoms with E-state index in [1.165, 1.54) is 18.3 Å². The number of amides is 1. The molecule has 3 heterocycles. The summed E-state index contributed by atoms with van der Waals surface area (Å²) in [6, 6.07) is 9.97. The summed E-state index contributed by atoms with van der Waals surface area (Å²) in [6.45, 7) is 5.91. The number of benzene rings is 1. The van der Waals surface area contributed by atoms with E-state index in [2.05, 4.69) is 26.8 Å². The average molecular weight is 444 g/mol. The molecule has 8 nitrogen and oxygen atoms in total. The number of pyridine rings is 1. The molecule has 1 aromatic carbocycles. The van der Waals surface area contributed by atoms with Crippen LogP contribution in [-0.4, -0.2) is 63.0 Å². The minimum Gasteiger partial charge on any atom is -0.353 e. The summed E-state index contributed by atoms with van der Waals surface area (Å²) in [7, 11) is -3.77. The van der Waals surface area contributed by atoms with E-state index in [1.54, 1.807) is 24.3 Å². The standard InChI is InChI=1S/C22H29N5O3S/c1-17-7-5-6-12-27(17)22(28)20-15-18(16-24-21(20)26-13-10-23-11-14-26)25-31(29,30)19-8-3-2-4-9-19/h2-4,8-9,15-17,23,25H,5-7,10-14H2,1H3/t17-/m1/s1. The number of carbonyl (C=O) groups excluding carboxylic acids is 1. The second-order valence-corrected chi connectivity index (χ2v) is 9.78. The normalized spacial score (nSPS) is 19.8. The van der Waals surface area contributed by atoms with Crippen LogP contribution in [0.1, 0.15) is 36.5 Å². The van der Waals surface area contributed by atoms with Crippen LogP contribution in [0.2, 0.25) is 0 Å². The highest BCUT2D eigenvalue weighted by atomic mass is 32.2. The summed E-state index contributed by atoms with van der Waals surface area (Å²) >= 11 is 0. The summed E-state index contributed by atoms with van der Waals surface area (Å²) in [5, 5.41) is 3.31. The zero-order valence-corrected chi connectivity index (χ0v) is 18.6. The topological polar surface area (TPSA) is 94.6 Å². The molecule has 2 aliphatic heterocycles. The van der Waals surface area contributed by atoms with Gasteiger partial charge in [0.25, 0.3) is 15.9 Å². The van der Waals surface area contributed by atoms with Gasteiger partial charge >= 0.3 is 0 Å². The molecular weight excluding hydrogens is 414 g/mol. The molecular formula is C22H29N5O3S. The van der Waals surface area contributed by atoms with Gasteiger partial charge in [0.2, 0.25) is 0 Å². The van der Waals surface area contributed by atoms with Crippen LogP contribution in [0.5, 0.6) is 0 Å². The number of hydrogen-bond donors (Lipinski definition) is 2. The molecule has 2 saturated heterocycles. The first-order valence-corrected chi connectivity index (χ1v) is 12.3. The zero-order chi connectivity index (χ0) is 21.8. The van der Waals surface area contributed by atoms with Crippen LogP contribution in [0, 0.1) is 0 Å². The Bertz CT molecular complexity index is 1020. The van der Waals surface area contributed by atoms with Crippen molar-refractivity contribution in [1.82, 2.24) is 15.2 Å². The van der Waals surface area contributed by atoms with Gasteiger partial charge in [-0.3, -0.25) is 9.52 Å².